The first-order valence-electron chi connectivity index (χ1n) is 15.7. The van der Waals surface area contributed by atoms with Crippen LogP contribution in [0.4, 0.5) is 0 Å². The zero-order valence-corrected chi connectivity index (χ0v) is 29.8. The molecule has 1 fully saturated rings. The number of hydrogen-bond donors (Lipinski definition) is 0. The van der Waals surface area contributed by atoms with Crippen LogP contribution in [0, 0.1) is 12.3 Å². The molecule has 5 nitrogen and oxygen atoms in total. The Morgan fingerprint density at radius 2 is 1.63 bits per heavy atom. The molecule has 1 spiro atoms. The predicted octanol–water partition coefficient (Wildman–Crippen LogP) is 9.43. The zero-order chi connectivity index (χ0) is 30.3. The van der Waals surface area contributed by atoms with Crippen LogP contribution in [0.25, 0.3) is 0 Å². The van der Waals surface area contributed by atoms with E-state index in [1.54, 1.807) is 0 Å². The Labute approximate surface area is 254 Å². The number of hydrogen-bond acceptors (Lipinski definition) is 6. The van der Waals surface area contributed by atoms with Crippen molar-refractivity contribution in [2.75, 3.05) is 13.2 Å². The van der Waals surface area contributed by atoms with Gasteiger partial charge in [-0.3, -0.25) is 4.98 Å². The van der Waals surface area contributed by atoms with Crippen LogP contribution in [-0.4, -0.2) is 31.5 Å². The molecule has 228 valence electrons. The summed E-state index contributed by atoms with van der Waals surface area (Å²) in [4.78, 5) is 12.1. The normalized spacial score (nSPS) is 24.1. The molecule has 0 N–H and O–H groups in total. The maximum atomic E-state index is 7.37. The molecule has 1 unspecified atom stereocenters. The standard InChI is InChI=1S/C34H54N2O3SSi/c1-20(2)27-25-26(24-22(36-27)18-33(10,11)19-23(24)39-41(12,13)32(7,8)9)34(14-16-37-17-15-34)38-28(25)30-35-21(3)29(40-30)31(4,5)6/h20,23,28H,14-19H2,1-13H3/t23?,28-/m0/s1. The molecular formula is C34H54N2O3SSi. The summed E-state index contributed by atoms with van der Waals surface area (Å²) < 4.78 is 20.7. The van der Waals surface area contributed by atoms with Gasteiger partial charge < -0.3 is 13.9 Å². The molecule has 1 saturated heterocycles. The fourth-order valence-corrected chi connectivity index (χ4v) is 9.37. The summed E-state index contributed by atoms with van der Waals surface area (Å²) in [6.07, 6.45) is 3.50. The van der Waals surface area contributed by atoms with Gasteiger partial charge in [0.15, 0.2) is 8.32 Å². The smallest absolute Gasteiger partial charge is 0.192 e. The summed E-state index contributed by atoms with van der Waals surface area (Å²) >= 11 is 1.83. The molecule has 7 heteroatoms. The second-order valence-corrected chi connectivity index (χ2v) is 22.3. The lowest BCUT2D eigenvalue weighted by molar-refractivity contribution is -0.122. The Kier molecular flexibility index (Phi) is 7.80. The van der Waals surface area contributed by atoms with Gasteiger partial charge in [0.1, 0.15) is 11.1 Å². The van der Waals surface area contributed by atoms with E-state index in [1.165, 1.54) is 33.0 Å². The lowest BCUT2D eigenvalue weighted by atomic mass is 9.70. The number of pyridine rings is 1. The Hall–Kier alpha value is -1.12. The SMILES string of the molecule is Cc1nc([C@H]2OC3(CCOCC3)c3c4c(nc(C(C)C)c32)CC(C)(C)CC4O[Si](C)(C)C(C)(C)C)sc1C(C)(C)C. The first-order valence-corrected chi connectivity index (χ1v) is 19.5. The van der Waals surface area contributed by atoms with Crippen LogP contribution in [0.1, 0.15) is 150 Å². The van der Waals surface area contributed by atoms with Crippen molar-refractivity contribution in [1.82, 2.24) is 9.97 Å². The number of ether oxygens (including phenoxy) is 2. The van der Waals surface area contributed by atoms with Crippen LogP contribution in [0.5, 0.6) is 0 Å². The van der Waals surface area contributed by atoms with Gasteiger partial charge in [0, 0.05) is 53.4 Å². The highest BCUT2D eigenvalue weighted by molar-refractivity contribution is 7.12. The minimum Gasteiger partial charge on any atom is -0.410 e. The van der Waals surface area contributed by atoms with Crippen molar-refractivity contribution < 1.29 is 13.9 Å². The lowest BCUT2D eigenvalue weighted by Crippen LogP contribution is -2.45. The third kappa shape index (κ3) is 5.52. The average molecular weight is 599 g/mol. The number of aromatic nitrogens is 2. The van der Waals surface area contributed by atoms with E-state index >= 15 is 0 Å². The van der Waals surface area contributed by atoms with E-state index in [1.807, 2.05) is 11.3 Å². The van der Waals surface area contributed by atoms with Crippen LogP contribution >= 0.6 is 11.3 Å². The van der Waals surface area contributed by atoms with Crippen molar-refractivity contribution in [3.63, 3.8) is 0 Å². The number of thiazole rings is 1. The van der Waals surface area contributed by atoms with E-state index in [9.17, 15) is 0 Å². The molecule has 2 atom stereocenters. The highest BCUT2D eigenvalue weighted by Crippen LogP contribution is 2.59. The first-order chi connectivity index (χ1) is 18.8. The molecule has 0 aromatic carbocycles. The van der Waals surface area contributed by atoms with Crippen LogP contribution in [0.3, 0.4) is 0 Å². The minimum absolute atomic E-state index is 0.0161. The van der Waals surface area contributed by atoms with E-state index in [0.717, 1.165) is 36.4 Å². The monoisotopic (exact) mass is 598 g/mol. The number of fused-ring (bicyclic) bond motifs is 4. The van der Waals surface area contributed by atoms with Crippen molar-refractivity contribution in [1.29, 1.82) is 0 Å². The summed E-state index contributed by atoms with van der Waals surface area (Å²) in [6, 6.07) is 0. The summed E-state index contributed by atoms with van der Waals surface area (Å²) in [7, 11) is -2.06. The van der Waals surface area contributed by atoms with Gasteiger partial charge in [-0.2, -0.15) is 0 Å². The van der Waals surface area contributed by atoms with Crippen molar-refractivity contribution in [2.45, 2.75) is 149 Å². The largest absolute Gasteiger partial charge is 0.410 e. The fourth-order valence-electron chi connectivity index (χ4n) is 6.94. The molecular weight excluding hydrogens is 545 g/mol. The zero-order valence-electron chi connectivity index (χ0n) is 28.0. The maximum Gasteiger partial charge on any atom is 0.192 e. The van der Waals surface area contributed by atoms with Gasteiger partial charge in [0.2, 0.25) is 0 Å². The molecule has 3 aliphatic rings. The van der Waals surface area contributed by atoms with Crippen molar-refractivity contribution in [2.24, 2.45) is 5.41 Å². The number of rotatable bonds is 4. The molecule has 0 saturated carbocycles. The van der Waals surface area contributed by atoms with E-state index < -0.39 is 13.9 Å². The number of aryl methyl sites for hydroxylation is 1. The van der Waals surface area contributed by atoms with Crippen molar-refractivity contribution in [3.8, 4) is 0 Å². The van der Waals surface area contributed by atoms with Gasteiger partial charge >= 0.3 is 0 Å². The molecule has 2 aromatic rings. The van der Waals surface area contributed by atoms with Crippen LogP contribution < -0.4 is 0 Å². The summed E-state index contributed by atoms with van der Waals surface area (Å²) in [6.45, 7) is 31.6. The van der Waals surface area contributed by atoms with E-state index in [-0.39, 0.29) is 34.0 Å². The molecule has 1 aliphatic carbocycles. The van der Waals surface area contributed by atoms with Gasteiger partial charge in [-0.05, 0) is 60.2 Å². The lowest BCUT2D eigenvalue weighted by Gasteiger charge is -2.46. The van der Waals surface area contributed by atoms with Crippen LogP contribution in [0.15, 0.2) is 0 Å². The van der Waals surface area contributed by atoms with Crippen LogP contribution in [0.2, 0.25) is 18.1 Å². The van der Waals surface area contributed by atoms with Gasteiger partial charge in [-0.15, -0.1) is 11.3 Å². The second kappa shape index (κ2) is 10.2. The quantitative estimate of drug-likeness (QED) is 0.328. The van der Waals surface area contributed by atoms with Crippen LogP contribution in [-0.2, 0) is 31.3 Å². The minimum atomic E-state index is -2.06. The fraction of sp³-hybridized carbons (Fsp3) is 0.765. The molecule has 4 heterocycles. The maximum absolute atomic E-state index is 7.37. The molecule has 0 bridgehead atoms. The van der Waals surface area contributed by atoms with E-state index in [0.29, 0.717) is 13.2 Å². The topological polar surface area (TPSA) is 53.5 Å². The molecule has 2 aliphatic heterocycles. The van der Waals surface area contributed by atoms with E-state index in [2.05, 4.69) is 89.3 Å². The summed E-state index contributed by atoms with van der Waals surface area (Å²) in [5.41, 5.74) is 7.28. The van der Waals surface area contributed by atoms with Gasteiger partial charge in [-0.1, -0.05) is 69.2 Å². The third-order valence-electron chi connectivity index (χ3n) is 9.96. The Balaban J connectivity index is 1.79. The molecule has 0 amide bonds. The van der Waals surface area contributed by atoms with Gasteiger partial charge in [0.05, 0.1) is 17.4 Å². The van der Waals surface area contributed by atoms with Crippen molar-refractivity contribution in [3.05, 3.63) is 43.7 Å². The number of nitrogens with zero attached hydrogens (tertiary/aromatic N) is 2. The third-order valence-corrected chi connectivity index (χ3v) is 16.1. The summed E-state index contributed by atoms with van der Waals surface area (Å²) in [5.74, 6) is 0.281. The first kappa shape index (κ1) is 31.3. The van der Waals surface area contributed by atoms with Gasteiger partial charge in [-0.25, -0.2) is 4.98 Å². The summed E-state index contributed by atoms with van der Waals surface area (Å²) in [5, 5.41) is 1.19. The molecule has 2 aromatic heterocycles. The van der Waals surface area contributed by atoms with Gasteiger partial charge in [0.25, 0.3) is 0 Å². The van der Waals surface area contributed by atoms with Crippen molar-refractivity contribution >= 4 is 19.7 Å². The molecule has 41 heavy (non-hydrogen) atoms. The Morgan fingerprint density at radius 1 is 1.00 bits per heavy atom. The Morgan fingerprint density at radius 3 is 2.17 bits per heavy atom. The highest BCUT2D eigenvalue weighted by Gasteiger charge is 2.54. The average Bonchev–Trinajstić information content (AvgIpc) is 3.36. The second-order valence-electron chi connectivity index (χ2n) is 16.5. The Bertz CT molecular complexity index is 1310. The predicted molar refractivity (Wildman–Crippen MR) is 172 cm³/mol. The highest BCUT2D eigenvalue weighted by atomic mass is 32.1. The molecule has 5 rings (SSSR count). The van der Waals surface area contributed by atoms with E-state index in [4.69, 9.17) is 23.9 Å². The molecule has 0 radical (unpaired) electrons.